The molecule has 2 atom stereocenters. The average molecular weight is 225 g/mol. The molecule has 0 aromatic heterocycles. The van der Waals surface area contributed by atoms with Crippen LogP contribution in [-0.4, -0.2) is 5.11 Å². The fourth-order valence-electron chi connectivity index (χ4n) is 2.77. The van der Waals surface area contributed by atoms with Gasteiger partial charge in [-0.15, -0.1) is 0 Å². The number of rotatable bonds is 2. The van der Waals surface area contributed by atoms with Crippen LogP contribution in [0.5, 0.6) is 0 Å². The maximum absolute atomic E-state index is 10.7. The van der Waals surface area contributed by atoms with Crippen molar-refractivity contribution in [2.24, 2.45) is 5.92 Å². The van der Waals surface area contributed by atoms with Crippen molar-refractivity contribution in [1.29, 1.82) is 0 Å². The predicted molar refractivity (Wildman–Crippen MR) is 63.0 cm³/mol. The van der Waals surface area contributed by atoms with E-state index in [1.54, 1.807) is 0 Å². The fraction of sp³-hybridized carbons (Fsp3) is 0.538. The van der Waals surface area contributed by atoms with Crippen molar-refractivity contribution in [3.05, 3.63) is 34.9 Å². The smallest absolute Gasteiger partial charge is 0.0938 e. The van der Waals surface area contributed by atoms with E-state index in [4.69, 9.17) is 11.6 Å². The van der Waals surface area contributed by atoms with Gasteiger partial charge >= 0.3 is 0 Å². The molecule has 1 aliphatic carbocycles. The van der Waals surface area contributed by atoms with E-state index in [2.05, 4.69) is 6.92 Å². The zero-order valence-corrected chi connectivity index (χ0v) is 9.80. The molecule has 1 aromatic rings. The highest BCUT2D eigenvalue weighted by atomic mass is 35.5. The zero-order valence-electron chi connectivity index (χ0n) is 9.04. The molecule has 2 rings (SSSR count). The third kappa shape index (κ3) is 1.79. The highest BCUT2D eigenvalue weighted by Crippen LogP contribution is 2.46. The van der Waals surface area contributed by atoms with Gasteiger partial charge in [-0.25, -0.2) is 0 Å². The molecule has 1 nitrogen and oxygen atoms in total. The molecule has 1 aliphatic rings. The summed E-state index contributed by atoms with van der Waals surface area (Å²) >= 11 is 6.16. The summed E-state index contributed by atoms with van der Waals surface area (Å²) < 4.78 is 0. The second-order valence-electron chi connectivity index (χ2n) is 4.40. The lowest BCUT2D eigenvalue weighted by molar-refractivity contribution is -0.00376. The van der Waals surface area contributed by atoms with Crippen LogP contribution >= 0.6 is 11.6 Å². The molecule has 1 N–H and O–H groups in total. The summed E-state index contributed by atoms with van der Waals surface area (Å²) in [5.41, 5.74) is 0.226. The van der Waals surface area contributed by atoms with Gasteiger partial charge in [0.25, 0.3) is 0 Å². The SMILES string of the molecule is CCC1CCCC1(O)c1ccccc1Cl. The largest absolute Gasteiger partial charge is 0.385 e. The van der Waals surface area contributed by atoms with Crippen molar-refractivity contribution >= 4 is 11.6 Å². The van der Waals surface area contributed by atoms with Gasteiger partial charge in [0, 0.05) is 10.6 Å². The number of benzene rings is 1. The molecule has 15 heavy (non-hydrogen) atoms. The third-order valence-electron chi connectivity index (χ3n) is 3.62. The summed E-state index contributed by atoms with van der Waals surface area (Å²) in [6, 6.07) is 7.67. The van der Waals surface area contributed by atoms with Gasteiger partial charge < -0.3 is 5.11 Å². The first-order valence-electron chi connectivity index (χ1n) is 5.66. The molecule has 1 saturated carbocycles. The van der Waals surface area contributed by atoms with Gasteiger partial charge in [-0.05, 0) is 31.2 Å². The van der Waals surface area contributed by atoms with Crippen LogP contribution in [0, 0.1) is 5.92 Å². The van der Waals surface area contributed by atoms with Crippen molar-refractivity contribution < 1.29 is 5.11 Å². The van der Waals surface area contributed by atoms with Crippen LogP contribution in [0.25, 0.3) is 0 Å². The van der Waals surface area contributed by atoms with Gasteiger partial charge in [-0.1, -0.05) is 43.1 Å². The van der Waals surface area contributed by atoms with Crippen molar-refractivity contribution in [1.82, 2.24) is 0 Å². The van der Waals surface area contributed by atoms with Crippen LogP contribution in [-0.2, 0) is 5.60 Å². The van der Waals surface area contributed by atoms with Gasteiger partial charge in [0.2, 0.25) is 0 Å². The highest BCUT2D eigenvalue weighted by molar-refractivity contribution is 6.31. The van der Waals surface area contributed by atoms with Gasteiger partial charge in [0.1, 0.15) is 0 Å². The number of aliphatic hydroxyl groups is 1. The van der Waals surface area contributed by atoms with E-state index in [0.29, 0.717) is 10.9 Å². The topological polar surface area (TPSA) is 20.2 Å². The summed E-state index contributed by atoms with van der Waals surface area (Å²) in [6.45, 7) is 2.14. The Morgan fingerprint density at radius 2 is 2.20 bits per heavy atom. The lowest BCUT2D eigenvalue weighted by Gasteiger charge is -2.30. The van der Waals surface area contributed by atoms with Crippen molar-refractivity contribution in [2.75, 3.05) is 0 Å². The molecule has 2 unspecified atom stereocenters. The van der Waals surface area contributed by atoms with E-state index in [0.717, 1.165) is 31.2 Å². The second kappa shape index (κ2) is 4.15. The van der Waals surface area contributed by atoms with E-state index < -0.39 is 5.60 Å². The molecule has 2 heteroatoms. The Morgan fingerprint density at radius 3 is 2.87 bits per heavy atom. The maximum Gasteiger partial charge on any atom is 0.0938 e. The first-order valence-corrected chi connectivity index (χ1v) is 6.03. The Labute approximate surface area is 96.1 Å². The Kier molecular flexibility index (Phi) is 3.03. The van der Waals surface area contributed by atoms with E-state index in [9.17, 15) is 5.11 Å². The minimum atomic E-state index is -0.687. The van der Waals surface area contributed by atoms with Crippen molar-refractivity contribution in [3.8, 4) is 0 Å². The fourth-order valence-corrected chi connectivity index (χ4v) is 3.07. The standard InChI is InChI=1S/C13H17ClO/c1-2-10-6-5-9-13(10,15)11-7-3-4-8-12(11)14/h3-4,7-8,10,15H,2,5-6,9H2,1H3. The van der Waals surface area contributed by atoms with E-state index in [1.807, 2.05) is 24.3 Å². The van der Waals surface area contributed by atoms with E-state index in [1.165, 1.54) is 0 Å². The summed E-state index contributed by atoms with van der Waals surface area (Å²) in [6.07, 6.45) is 4.06. The van der Waals surface area contributed by atoms with Crippen LogP contribution in [0.2, 0.25) is 5.02 Å². The van der Waals surface area contributed by atoms with Gasteiger partial charge in [-0.3, -0.25) is 0 Å². The molecule has 0 saturated heterocycles. The Morgan fingerprint density at radius 1 is 1.47 bits per heavy atom. The first-order chi connectivity index (χ1) is 7.18. The Bertz CT molecular complexity index is 350. The Hall–Kier alpha value is -0.530. The van der Waals surface area contributed by atoms with Gasteiger partial charge in [0.05, 0.1) is 5.60 Å². The van der Waals surface area contributed by atoms with Gasteiger partial charge in [0.15, 0.2) is 0 Å². The number of halogens is 1. The quantitative estimate of drug-likeness (QED) is 0.812. The summed E-state index contributed by atoms with van der Waals surface area (Å²) in [5, 5.41) is 11.4. The zero-order chi connectivity index (χ0) is 10.9. The number of hydrogen-bond donors (Lipinski definition) is 1. The monoisotopic (exact) mass is 224 g/mol. The molecule has 0 radical (unpaired) electrons. The highest BCUT2D eigenvalue weighted by Gasteiger charge is 2.42. The predicted octanol–water partition coefficient (Wildman–Crippen LogP) is 3.74. The minimum absolute atomic E-state index is 0.359. The van der Waals surface area contributed by atoms with Crippen LogP contribution < -0.4 is 0 Å². The summed E-state index contributed by atoms with van der Waals surface area (Å²) in [5.74, 6) is 0.359. The van der Waals surface area contributed by atoms with Gasteiger partial charge in [-0.2, -0.15) is 0 Å². The number of hydrogen-bond acceptors (Lipinski definition) is 1. The minimum Gasteiger partial charge on any atom is -0.385 e. The molecule has 1 fully saturated rings. The molecule has 1 aromatic carbocycles. The van der Waals surface area contributed by atoms with E-state index >= 15 is 0 Å². The molecule has 0 spiro atoms. The Balaban J connectivity index is 2.40. The molecule has 0 amide bonds. The van der Waals surface area contributed by atoms with Crippen LogP contribution in [0.1, 0.15) is 38.2 Å². The maximum atomic E-state index is 10.7. The van der Waals surface area contributed by atoms with E-state index in [-0.39, 0.29) is 0 Å². The van der Waals surface area contributed by atoms with Crippen LogP contribution in [0.15, 0.2) is 24.3 Å². The average Bonchev–Trinajstić information content (AvgIpc) is 2.61. The van der Waals surface area contributed by atoms with Crippen molar-refractivity contribution in [2.45, 2.75) is 38.2 Å². The third-order valence-corrected chi connectivity index (χ3v) is 3.95. The summed E-state index contributed by atoms with van der Waals surface area (Å²) in [4.78, 5) is 0. The van der Waals surface area contributed by atoms with Crippen LogP contribution in [0.4, 0.5) is 0 Å². The second-order valence-corrected chi connectivity index (χ2v) is 4.81. The molecule has 0 heterocycles. The molecule has 0 aliphatic heterocycles. The molecule has 82 valence electrons. The lowest BCUT2D eigenvalue weighted by atomic mass is 9.82. The summed E-state index contributed by atoms with van der Waals surface area (Å²) in [7, 11) is 0. The molecular formula is C13H17ClO. The molecular weight excluding hydrogens is 208 g/mol. The first kappa shape index (κ1) is 11.0. The van der Waals surface area contributed by atoms with Crippen molar-refractivity contribution in [3.63, 3.8) is 0 Å². The lowest BCUT2D eigenvalue weighted by Crippen LogP contribution is -2.30. The normalized spacial score (nSPS) is 30.7. The van der Waals surface area contributed by atoms with Crippen LogP contribution in [0.3, 0.4) is 0 Å². The molecule has 0 bridgehead atoms.